The Kier molecular flexibility index (Phi) is 6.80. The molecule has 0 fully saturated rings. The zero-order chi connectivity index (χ0) is 27.0. The van der Waals surface area contributed by atoms with E-state index in [0.29, 0.717) is 23.9 Å². The number of aryl methyl sites for hydroxylation is 1. The van der Waals surface area contributed by atoms with Crippen LogP contribution in [0.5, 0.6) is 5.75 Å². The van der Waals surface area contributed by atoms with E-state index in [0.717, 1.165) is 27.1 Å². The van der Waals surface area contributed by atoms with Crippen molar-refractivity contribution in [1.82, 2.24) is 33.8 Å². The molecule has 0 radical (unpaired) electrons. The number of hydrogen-bond donors (Lipinski definition) is 2. The summed E-state index contributed by atoms with van der Waals surface area (Å²) in [5.41, 5.74) is 1.93. The molecule has 1 aliphatic heterocycles. The Hall–Kier alpha value is -4.33. The van der Waals surface area contributed by atoms with Gasteiger partial charge in [0.05, 0.1) is 19.1 Å². The lowest BCUT2D eigenvalue weighted by Crippen LogP contribution is -2.38. The highest BCUT2D eigenvalue weighted by Gasteiger charge is 2.25. The molecule has 1 aromatic carbocycles. The minimum absolute atomic E-state index is 0.0694. The zero-order valence-electron chi connectivity index (χ0n) is 21.1. The predicted molar refractivity (Wildman–Crippen MR) is 141 cm³/mol. The average Bonchev–Trinajstić information content (AvgIpc) is 3.62. The molecule has 0 aliphatic carbocycles. The molecule has 14 heteroatoms. The standard InChI is InChI=1S/C24H26N8O5S/c1-29-22-20(23(35)30(2)24(29)36)31(13-26-22)9-19(34)27-21-16-11-38-12-17(16)28-32(21)10-18(33)25-8-14-4-6-15(37-3)7-5-14/h4-7,13H,8-12H2,1-3H3,(H,25,33)(H,27,34). The van der Waals surface area contributed by atoms with Gasteiger partial charge in [-0.05, 0) is 17.7 Å². The first-order valence-electron chi connectivity index (χ1n) is 11.7. The van der Waals surface area contributed by atoms with Crippen molar-refractivity contribution >= 4 is 40.6 Å². The van der Waals surface area contributed by atoms with Crippen molar-refractivity contribution in [3.8, 4) is 5.75 Å². The van der Waals surface area contributed by atoms with Gasteiger partial charge >= 0.3 is 5.69 Å². The van der Waals surface area contributed by atoms with Gasteiger partial charge in [-0.3, -0.25) is 23.5 Å². The molecule has 5 rings (SSSR count). The topological polar surface area (TPSA) is 147 Å². The zero-order valence-corrected chi connectivity index (χ0v) is 21.9. The third kappa shape index (κ3) is 4.69. The van der Waals surface area contributed by atoms with E-state index in [4.69, 9.17) is 4.74 Å². The Morgan fingerprint density at radius 2 is 1.82 bits per heavy atom. The molecule has 4 aromatic rings. The molecule has 2 N–H and O–H groups in total. The summed E-state index contributed by atoms with van der Waals surface area (Å²) in [7, 11) is 4.48. The number of rotatable bonds is 8. The van der Waals surface area contributed by atoms with E-state index in [1.807, 2.05) is 24.3 Å². The highest BCUT2D eigenvalue weighted by atomic mass is 32.2. The molecule has 0 unspecified atom stereocenters. The van der Waals surface area contributed by atoms with E-state index in [2.05, 4.69) is 20.7 Å². The fraction of sp³-hybridized carbons (Fsp3) is 0.333. The molecule has 0 saturated heterocycles. The van der Waals surface area contributed by atoms with Crippen molar-refractivity contribution in [2.75, 3.05) is 12.4 Å². The van der Waals surface area contributed by atoms with Crippen LogP contribution in [0.4, 0.5) is 5.82 Å². The molecular weight excluding hydrogens is 512 g/mol. The molecule has 1 aliphatic rings. The van der Waals surface area contributed by atoms with Crippen LogP contribution in [-0.2, 0) is 54.8 Å². The van der Waals surface area contributed by atoms with Crippen molar-refractivity contribution in [3.63, 3.8) is 0 Å². The molecule has 4 heterocycles. The number of aromatic nitrogens is 6. The van der Waals surface area contributed by atoms with Gasteiger partial charge in [0.15, 0.2) is 11.2 Å². The largest absolute Gasteiger partial charge is 0.497 e. The number of amides is 2. The first-order chi connectivity index (χ1) is 18.3. The van der Waals surface area contributed by atoms with Crippen LogP contribution >= 0.6 is 11.8 Å². The van der Waals surface area contributed by atoms with Crippen LogP contribution in [0.2, 0.25) is 0 Å². The van der Waals surface area contributed by atoms with Crippen LogP contribution < -0.4 is 26.6 Å². The quantitative estimate of drug-likeness (QED) is 0.327. The Labute approximate surface area is 220 Å². The SMILES string of the molecule is COc1ccc(CNC(=O)Cn2nc3c(c2NC(=O)Cn2cnc4c2c(=O)n(C)c(=O)n4C)CSC3)cc1. The monoisotopic (exact) mass is 538 g/mol. The molecule has 198 valence electrons. The Balaban J connectivity index is 1.32. The van der Waals surface area contributed by atoms with Gasteiger partial charge in [-0.2, -0.15) is 16.9 Å². The lowest BCUT2D eigenvalue weighted by atomic mass is 10.2. The van der Waals surface area contributed by atoms with Gasteiger partial charge in [0.1, 0.15) is 24.7 Å². The highest BCUT2D eigenvalue weighted by molar-refractivity contribution is 7.98. The van der Waals surface area contributed by atoms with E-state index < -0.39 is 17.2 Å². The van der Waals surface area contributed by atoms with Crippen molar-refractivity contribution in [3.05, 3.63) is 68.3 Å². The number of nitrogens with zero attached hydrogens (tertiary/aromatic N) is 6. The highest BCUT2D eigenvalue weighted by Crippen LogP contribution is 2.34. The number of imidazole rings is 1. The van der Waals surface area contributed by atoms with E-state index in [1.54, 1.807) is 18.9 Å². The van der Waals surface area contributed by atoms with Crippen LogP contribution in [0, 0.1) is 0 Å². The molecule has 0 saturated carbocycles. The molecule has 3 aromatic heterocycles. The number of carbonyl (C=O) groups is 2. The Morgan fingerprint density at radius 1 is 1.05 bits per heavy atom. The van der Waals surface area contributed by atoms with Gasteiger partial charge < -0.3 is 19.9 Å². The summed E-state index contributed by atoms with van der Waals surface area (Å²) < 4.78 is 10.3. The molecule has 2 amide bonds. The van der Waals surface area contributed by atoms with Crippen molar-refractivity contribution < 1.29 is 14.3 Å². The first kappa shape index (κ1) is 25.3. The van der Waals surface area contributed by atoms with Gasteiger partial charge in [-0.25, -0.2) is 14.5 Å². The number of hydrogen-bond acceptors (Lipinski definition) is 8. The summed E-state index contributed by atoms with van der Waals surface area (Å²) in [5.74, 6) is 1.87. The van der Waals surface area contributed by atoms with Gasteiger partial charge in [0.2, 0.25) is 11.8 Å². The number of thioether (sulfide) groups is 1. The molecule has 38 heavy (non-hydrogen) atoms. The van der Waals surface area contributed by atoms with Crippen LogP contribution in [0.1, 0.15) is 16.8 Å². The van der Waals surface area contributed by atoms with Crippen LogP contribution in [-0.4, -0.2) is 47.4 Å². The fourth-order valence-corrected chi connectivity index (χ4v) is 5.33. The lowest BCUT2D eigenvalue weighted by Gasteiger charge is -2.12. The maximum atomic E-state index is 13.1. The van der Waals surface area contributed by atoms with Crippen molar-refractivity contribution in [2.45, 2.75) is 31.1 Å². The second-order valence-electron chi connectivity index (χ2n) is 8.85. The van der Waals surface area contributed by atoms with Crippen LogP contribution in [0.25, 0.3) is 11.2 Å². The number of ether oxygens (including phenoxy) is 1. The average molecular weight is 539 g/mol. The third-order valence-electron chi connectivity index (χ3n) is 6.35. The number of carbonyl (C=O) groups excluding carboxylic acids is 2. The summed E-state index contributed by atoms with van der Waals surface area (Å²) in [4.78, 5) is 54.8. The molecular formula is C24H26N8O5S. The molecule has 0 spiro atoms. The Morgan fingerprint density at radius 3 is 2.55 bits per heavy atom. The van der Waals surface area contributed by atoms with E-state index in [1.165, 1.54) is 34.2 Å². The number of methoxy groups -OCH3 is 1. The minimum Gasteiger partial charge on any atom is -0.497 e. The number of nitrogens with one attached hydrogen (secondary N) is 2. The molecule has 0 atom stereocenters. The lowest BCUT2D eigenvalue weighted by molar-refractivity contribution is -0.122. The summed E-state index contributed by atoms with van der Waals surface area (Å²) >= 11 is 1.67. The summed E-state index contributed by atoms with van der Waals surface area (Å²) in [6.45, 7) is 0.0628. The number of anilines is 1. The summed E-state index contributed by atoms with van der Waals surface area (Å²) in [6.07, 6.45) is 1.36. The second-order valence-corrected chi connectivity index (χ2v) is 9.83. The first-order valence-corrected chi connectivity index (χ1v) is 12.9. The van der Waals surface area contributed by atoms with Gasteiger partial charge in [0.25, 0.3) is 5.56 Å². The van der Waals surface area contributed by atoms with Crippen LogP contribution in [0.3, 0.4) is 0 Å². The maximum absolute atomic E-state index is 13.1. The van der Waals surface area contributed by atoms with Gasteiger partial charge in [-0.1, -0.05) is 12.1 Å². The normalized spacial score (nSPS) is 12.5. The number of benzene rings is 1. The fourth-order valence-electron chi connectivity index (χ4n) is 4.30. The predicted octanol–water partition coefficient (Wildman–Crippen LogP) is 0.341. The van der Waals surface area contributed by atoms with Crippen LogP contribution in [0.15, 0.2) is 40.2 Å². The van der Waals surface area contributed by atoms with Crippen molar-refractivity contribution in [1.29, 1.82) is 0 Å². The third-order valence-corrected chi connectivity index (χ3v) is 7.32. The Bertz CT molecular complexity index is 1660. The van der Waals surface area contributed by atoms with E-state index in [-0.39, 0.29) is 30.2 Å². The molecule has 0 bridgehead atoms. The van der Waals surface area contributed by atoms with Gasteiger partial charge in [0, 0.05) is 37.7 Å². The molecule has 13 nitrogen and oxygen atoms in total. The van der Waals surface area contributed by atoms with E-state index in [9.17, 15) is 19.2 Å². The minimum atomic E-state index is -0.538. The number of fused-ring (bicyclic) bond motifs is 2. The summed E-state index contributed by atoms with van der Waals surface area (Å²) in [6, 6.07) is 7.39. The van der Waals surface area contributed by atoms with E-state index >= 15 is 0 Å². The van der Waals surface area contributed by atoms with Crippen molar-refractivity contribution in [2.24, 2.45) is 14.1 Å². The van der Waals surface area contributed by atoms with Gasteiger partial charge in [-0.15, -0.1) is 0 Å². The maximum Gasteiger partial charge on any atom is 0.332 e. The second kappa shape index (κ2) is 10.2. The smallest absolute Gasteiger partial charge is 0.332 e. The summed E-state index contributed by atoms with van der Waals surface area (Å²) in [5, 5.41) is 10.3.